The lowest BCUT2D eigenvalue weighted by Crippen LogP contribution is -2.13. The molecule has 2 aliphatic heterocycles. The highest BCUT2D eigenvalue weighted by Gasteiger charge is 2.23. The standard InChI is InChI=1S/2C20H19F2N3O/c2*1-25-5-4-13(11-25)12-2-3-18-14(6-12)7-19(24-18)20(26)23-17-9-15(21)8-16(22)10-17/h2*2-3,6-10,13,24H,4-5,11H2,1H3,(H,23,26). The fraction of sp³-hybridized carbons (Fsp3) is 0.250. The molecule has 12 heteroatoms. The number of fused-ring (bicyclic) bond motifs is 2. The monoisotopic (exact) mass is 710 g/mol. The first kappa shape index (κ1) is 35.0. The molecule has 0 spiro atoms. The average Bonchev–Trinajstić information content (AvgIpc) is 3.89. The number of anilines is 2. The van der Waals surface area contributed by atoms with Crippen LogP contribution in [-0.4, -0.2) is 71.9 Å². The number of likely N-dealkylation sites (N-methyl/N-ethyl adjacent to an activating group) is 2. The Balaban J connectivity index is 0.000000162. The first-order valence-corrected chi connectivity index (χ1v) is 17.1. The number of hydrogen-bond donors (Lipinski definition) is 4. The zero-order valence-electron chi connectivity index (χ0n) is 28.7. The molecule has 4 aromatic carbocycles. The van der Waals surface area contributed by atoms with Gasteiger partial charge in [-0.25, -0.2) is 17.6 Å². The number of nitrogens with zero attached hydrogens (tertiary/aromatic N) is 2. The summed E-state index contributed by atoms with van der Waals surface area (Å²) in [5.74, 6) is -2.79. The maximum atomic E-state index is 13.3. The van der Waals surface area contributed by atoms with E-state index in [4.69, 9.17) is 0 Å². The van der Waals surface area contributed by atoms with Crippen molar-refractivity contribution in [2.45, 2.75) is 24.7 Å². The molecule has 2 fully saturated rings. The van der Waals surface area contributed by atoms with Crippen molar-refractivity contribution in [3.63, 3.8) is 0 Å². The molecule has 0 radical (unpaired) electrons. The molecule has 268 valence electrons. The molecule has 0 bridgehead atoms. The molecule has 4 heterocycles. The molecule has 2 amide bonds. The third-order valence-electron chi connectivity index (χ3n) is 9.75. The molecular weight excluding hydrogens is 672 g/mol. The summed E-state index contributed by atoms with van der Waals surface area (Å²) >= 11 is 0. The SMILES string of the molecule is CN1CCC(c2ccc3[nH]c(C(=O)Nc4cc(F)cc(F)c4)cc3c2)C1.CN1CCC(c2ccc3[nH]c(C(=O)Nc4cc(F)cc(F)c4)cc3c2)C1. The summed E-state index contributed by atoms with van der Waals surface area (Å²) in [6.45, 7) is 4.25. The van der Waals surface area contributed by atoms with Gasteiger partial charge in [-0.05, 0) is 124 Å². The fourth-order valence-electron chi connectivity index (χ4n) is 7.12. The third-order valence-corrected chi connectivity index (χ3v) is 9.75. The quantitative estimate of drug-likeness (QED) is 0.131. The van der Waals surface area contributed by atoms with Crippen molar-refractivity contribution in [3.05, 3.63) is 131 Å². The molecule has 4 N–H and O–H groups in total. The highest BCUT2D eigenvalue weighted by molar-refractivity contribution is 6.06. The van der Waals surface area contributed by atoms with E-state index in [2.05, 4.69) is 68.8 Å². The van der Waals surface area contributed by atoms with Gasteiger partial charge >= 0.3 is 0 Å². The summed E-state index contributed by atoms with van der Waals surface area (Å²) in [4.78, 5) is 35.5. The van der Waals surface area contributed by atoms with Gasteiger partial charge in [-0.15, -0.1) is 0 Å². The summed E-state index contributed by atoms with van der Waals surface area (Å²) in [5, 5.41) is 6.94. The number of rotatable bonds is 6. The lowest BCUT2D eigenvalue weighted by atomic mass is 9.97. The van der Waals surface area contributed by atoms with Gasteiger partial charge < -0.3 is 30.4 Å². The van der Waals surface area contributed by atoms with Crippen molar-refractivity contribution in [1.29, 1.82) is 0 Å². The number of H-pyrrole nitrogens is 2. The average molecular weight is 711 g/mol. The molecule has 2 unspecified atom stereocenters. The van der Waals surface area contributed by atoms with Gasteiger partial charge in [0.2, 0.25) is 0 Å². The Morgan fingerprint density at radius 2 is 0.962 bits per heavy atom. The summed E-state index contributed by atoms with van der Waals surface area (Å²) < 4.78 is 53.1. The van der Waals surface area contributed by atoms with E-state index in [1.165, 1.54) is 11.1 Å². The molecular formula is C40H38F4N6O2. The topological polar surface area (TPSA) is 96.3 Å². The molecule has 2 aromatic heterocycles. The maximum absolute atomic E-state index is 13.3. The Bertz CT molecular complexity index is 2080. The Hall–Kier alpha value is -5.46. The second-order valence-corrected chi connectivity index (χ2v) is 13.8. The van der Waals surface area contributed by atoms with Crippen molar-refractivity contribution in [3.8, 4) is 0 Å². The van der Waals surface area contributed by atoms with E-state index < -0.39 is 35.1 Å². The van der Waals surface area contributed by atoms with Crippen LogP contribution in [0.15, 0.2) is 84.9 Å². The van der Waals surface area contributed by atoms with E-state index in [0.29, 0.717) is 23.2 Å². The number of carbonyl (C=O) groups excluding carboxylic acids is 2. The maximum Gasteiger partial charge on any atom is 0.272 e. The normalized spacial score (nSPS) is 17.7. The number of carbonyl (C=O) groups is 2. The van der Waals surface area contributed by atoms with Crippen molar-refractivity contribution in [1.82, 2.24) is 19.8 Å². The summed E-state index contributed by atoms with van der Waals surface area (Å²) in [6, 6.07) is 21.7. The second-order valence-electron chi connectivity index (χ2n) is 13.8. The second kappa shape index (κ2) is 14.6. The molecule has 52 heavy (non-hydrogen) atoms. The summed E-state index contributed by atoms with van der Waals surface area (Å²) in [7, 11) is 4.24. The summed E-state index contributed by atoms with van der Waals surface area (Å²) in [6.07, 6.45) is 2.26. The van der Waals surface area contributed by atoms with Crippen LogP contribution in [-0.2, 0) is 0 Å². The van der Waals surface area contributed by atoms with Crippen molar-refractivity contribution in [2.75, 3.05) is 50.9 Å². The van der Waals surface area contributed by atoms with Crippen LogP contribution in [0.25, 0.3) is 21.8 Å². The minimum absolute atomic E-state index is 0.0841. The molecule has 8 nitrogen and oxygen atoms in total. The molecule has 0 aliphatic carbocycles. The number of likely N-dealkylation sites (tertiary alicyclic amines) is 2. The van der Waals surface area contributed by atoms with Crippen molar-refractivity contribution >= 4 is 45.0 Å². The van der Waals surface area contributed by atoms with E-state index in [1.54, 1.807) is 12.1 Å². The van der Waals surface area contributed by atoms with Crippen LogP contribution in [0.2, 0.25) is 0 Å². The predicted molar refractivity (Wildman–Crippen MR) is 195 cm³/mol. The van der Waals surface area contributed by atoms with Crippen LogP contribution in [0, 0.1) is 23.3 Å². The minimum Gasteiger partial charge on any atom is -0.351 e. The first-order chi connectivity index (χ1) is 24.9. The molecule has 8 rings (SSSR count). The van der Waals surface area contributed by atoms with Gasteiger partial charge in [0.15, 0.2) is 0 Å². The number of hydrogen-bond acceptors (Lipinski definition) is 4. The number of halogens is 4. The van der Waals surface area contributed by atoms with Crippen molar-refractivity contribution in [2.24, 2.45) is 0 Å². The fourth-order valence-corrected chi connectivity index (χ4v) is 7.12. The van der Waals surface area contributed by atoms with Gasteiger partial charge in [-0.2, -0.15) is 0 Å². The Kier molecular flexibility index (Phi) is 9.85. The zero-order chi connectivity index (χ0) is 36.5. The Morgan fingerprint density at radius 3 is 1.31 bits per heavy atom. The lowest BCUT2D eigenvalue weighted by molar-refractivity contribution is 0.101. The number of benzene rings is 4. The van der Waals surface area contributed by atoms with Crippen LogP contribution in [0.4, 0.5) is 28.9 Å². The number of aromatic nitrogens is 2. The van der Waals surface area contributed by atoms with Crippen molar-refractivity contribution < 1.29 is 27.2 Å². The largest absolute Gasteiger partial charge is 0.351 e. The molecule has 0 saturated carbocycles. The van der Waals surface area contributed by atoms with Gasteiger partial charge in [0, 0.05) is 58.4 Å². The van der Waals surface area contributed by atoms with Gasteiger partial charge in [-0.1, -0.05) is 12.1 Å². The Morgan fingerprint density at radius 1 is 0.577 bits per heavy atom. The first-order valence-electron chi connectivity index (χ1n) is 17.1. The van der Waals surface area contributed by atoms with E-state index in [-0.39, 0.29) is 11.4 Å². The Labute approximate surface area is 297 Å². The number of amides is 2. The predicted octanol–water partition coefficient (Wildman–Crippen LogP) is 8.24. The van der Waals surface area contributed by atoms with E-state index in [1.807, 2.05) is 12.1 Å². The smallest absolute Gasteiger partial charge is 0.272 e. The highest BCUT2D eigenvalue weighted by Crippen LogP contribution is 2.31. The zero-order valence-corrected chi connectivity index (χ0v) is 28.7. The van der Waals surface area contributed by atoms with Crippen LogP contribution >= 0.6 is 0 Å². The number of nitrogens with one attached hydrogen (secondary N) is 4. The van der Waals surface area contributed by atoms with Crippen LogP contribution in [0.1, 0.15) is 56.8 Å². The van der Waals surface area contributed by atoms with Gasteiger partial charge in [0.1, 0.15) is 34.7 Å². The van der Waals surface area contributed by atoms with E-state index >= 15 is 0 Å². The minimum atomic E-state index is -0.733. The van der Waals surface area contributed by atoms with E-state index in [0.717, 1.165) is 97.2 Å². The van der Waals surface area contributed by atoms with Crippen LogP contribution in [0.5, 0.6) is 0 Å². The lowest BCUT2D eigenvalue weighted by Gasteiger charge is -2.10. The molecule has 6 aromatic rings. The van der Waals surface area contributed by atoms with Gasteiger partial charge in [0.25, 0.3) is 11.8 Å². The highest BCUT2D eigenvalue weighted by atomic mass is 19.1. The molecule has 2 saturated heterocycles. The van der Waals surface area contributed by atoms with Gasteiger partial charge in [-0.3, -0.25) is 9.59 Å². The third kappa shape index (κ3) is 8.03. The number of aromatic amines is 2. The van der Waals surface area contributed by atoms with Gasteiger partial charge in [0.05, 0.1) is 0 Å². The van der Waals surface area contributed by atoms with E-state index in [9.17, 15) is 27.2 Å². The summed E-state index contributed by atoms with van der Waals surface area (Å²) in [5.41, 5.74) is 5.11. The van der Waals surface area contributed by atoms with Crippen LogP contribution < -0.4 is 10.6 Å². The molecule has 2 atom stereocenters. The molecule has 2 aliphatic rings. The van der Waals surface area contributed by atoms with Crippen LogP contribution in [0.3, 0.4) is 0 Å².